The molecule has 0 amide bonds. The van der Waals surface area contributed by atoms with E-state index in [-0.39, 0.29) is 12.0 Å². The maximum Gasteiger partial charge on any atom is 0.323 e. The Hall–Kier alpha value is -1.55. The molecular weight excluding hydrogens is 254 g/mol. The lowest BCUT2D eigenvalue weighted by Crippen LogP contribution is -2.39. The molecule has 0 radical (unpaired) electrons. The first-order chi connectivity index (χ1) is 9.71. The van der Waals surface area contributed by atoms with Crippen LogP contribution in [0, 0.1) is 0 Å². The fourth-order valence-corrected chi connectivity index (χ4v) is 2.02. The van der Waals surface area contributed by atoms with Gasteiger partial charge in [0.25, 0.3) is 0 Å². The Morgan fingerprint density at radius 1 is 1.25 bits per heavy atom. The molecule has 4 heteroatoms. The summed E-state index contributed by atoms with van der Waals surface area (Å²) in [4.78, 5) is 11.8. The molecule has 0 aliphatic rings. The zero-order chi connectivity index (χ0) is 14.8. The third kappa shape index (κ3) is 5.61. The van der Waals surface area contributed by atoms with Gasteiger partial charge in [-0.3, -0.25) is 4.79 Å². The second kappa shape index (κ2) is 9.37. The van der Waals surface area contributed by atoms with Crippen LogP contribution < -0.4 is 10.1 Å². The number of nitrogens with one attached hydrogen (secondary N) is 1. The highest BCUT2D eigenvalue weighted by molar-refractivity contribution is 5.75. The number of hydrogen-bond donors (Lipinski definition) is 1. The Morgan fingerprint density at radius 3 is 2.50 bits per heavy atom. The number of esters is 1. The van der Waals surface area contributed by atoms with E-state index >= 15 is 0 Å². The van der Waals surface area contributed by atoms with Gasteiger partial charge in [-0.15, -0.1) is 0 Å². The smallest absolute Gasteiger partial charge is 0.323 e. The first-order valence-corrected chi connectivity index (χ1v) is 7.24. The van der Waals surface area contributed by atoms with Gasteiger partial charge in [0, 0.05) is 0 Å². The largest absolute Gasteiger partial charge is 0.497 e. The number of rotatable bonds is 9. The minimum atomic E-state index is -0.196. The van der Waals surface area contributed by atoms with E-state index in [1.165, 1.54) is 5.56 Å². The van der Waals surface area contributed by atoms with Gasteiger partial charge in [0.1, 0.15) is 11.8 Å². The van der Waals surface area contributed by atoms with E-state index in [1.807, 2.05) is 31.2 Å². The fourth-order valence-electron chi connectivity index (χ4n) is 2.02. The van der Waals surface area contributed by atoms with Crippen LogP contribution in [-0.2, 0) is 16.0 Å². The van der Waals surface area contributed by atoms with Crippen molar-refractivity contribution in [2.75, 3.05) is 20.3 Å². The van der Waals surface area contributed by atoms with Crippen molar-refractivity contribution >= 4 is 5.97 Å². The number of ether oxygens (including phenoxy) is 2. The van der Waals surface area contributed by atoms with Crippen molar-refractivity contribution in [3.05, 3.63) is 29.8 Å². The van der Waals surface area contributed by atoms with Crippen LogP contribution in [0.5, 0.6) is 5.75 Å². The lowest BCUT2D eigenvalue weighted by molar-refractivity contribution is -0.145. The minimum absolute atomic E-state index is 0.149. The Balaban J connectivity index is 2.40. The third-order valence-corrected chi connectivity index (χ3v) is 3.11. The predicted molar refractivity (Wildman–Crippen MR) is 80.0 cm³/mol. The molecule has 1 unspecified atom stereocenters. The van der Waals surface area contributed by atoms with Gasteiger partial charge in [-0.05, 0) is 44.0 Å². The summed E-state index contributed by atoms with van der Waals surface area (Å²) >= 11 is 0. The highest BCUT2D eigenvalue weighted by atomic mass is 16.5. The summed E-state index contributed by atoms with van der Waals surface area (Å²) in [6.45, 7) is 5.09. The Morgan fingerprint density at radius 2 is 1.95 bits per heavy atom. The molecule has 0 heterocycles. The summed E-state index contributed by atoms with van der Waals surface area (Å²) in [6, 6.07) is 7.78. The van der Waals surface area contributed by atoms with Gasteiger partial charge in [-0.2, -0.15) is 0 Å². The van der Waals surface area contributed by atoms with Gasteiger partial charge in [-0.1, -0.05) is 25.5 Å². The molecule has 20 heavy (non-hydrogen) atoms. The summed E-state index contributed by atoms with van der Waals surface area (Å²) < 4.78 is 10.2. The molecule has 112 valence electrons. The number of hydrogen-bond acceptors (Lipinski definition) is 4. The van der Waals surface area contributed by atoms with E-state index in [0.717, 1.165) is 31.6 Å². The Kier molecular flexibility index (Phi) is 7.73. The van der Waals surface area contributed by atoms with Crippen LogP contribution in [0.4, 0.5) is 0 Å². The van der Waals surface area contributed by atoms with Crippen molar-refractivity contribution < 1.29 is 14.3 Å². The number of methoxy groups -OCH3 is 1. The normalized spacial score (nSPS) is 11.9. The molecule has 1 aromatic rings. The quantitative estimate of drug-likeness (QED) is 0.706. The van der Waals surface area contributed by atoms with Crippen LogP contribution in [0.1, 0.15) is 32.3 Å². The fraction of sp³-hybridized carbons (Fsp3) is 0.562. The molecule has 0 aliphatic heterocycles. The van der Waals surface area contributed by atoms with E-state index in [9.17, 15) is 4.79 Å². The minimum Gasteiger partial charge on any atom is -0.497 e. The number of carbonyl (C=O) groups is 1. The number of benzene rings is 1. The van der Waals surface area contributed by atoms with Crippen LogP contribution in [0.3, 0.4) is 0 Å². The Labute approximate surface area is 121 Å². The highest BCUT2D eigenvalue weighted by Crippen LogP contribution is 2.11. The van der Waals surface area contributed by atoms with Crippen molar-refractivity contribution in [3.63, 3.8) is 0 Å². The van der Waals surface area contributed by atoms with Gasteiger partial charge in [0.15, 0.2) is 0 Å². The van der Waals surface area contributed by atoms with Gasteiger partial charge in [-0.25, -0.2) is 0 Å². The van der Waals surface area contributed by atoms with E-state index in [0.29, 0.717) is 6.61 Å². The van der Waals surface area contributed by atoms with E-state index in [1.54, 1.807) is 7.11 Å². The third-order valence-electron chi connectivity index (χ3n) is 3.11. The summed E-state index contributed by atoms with van der Waals surface area (Å²) in [5.41, 5.74) is 1.22. The zero-order valence-corrected chi connectivity index (χ0v) is 12.6. The molecule has 0 aliphatic carbocycles. The van der Waals surface area contributed by atoms with Crippen molar-refractivity contribution in [3.8, 4) is 5.75 Å². The molecule has 4 nitrogen and oxygen atoms in total. The molecule has 0 aromatic heterocycles. The Bertz CT molecular complexity index is 389. The first-order valence-electron chi connectivity index (χ1n) is 7.24. The summed E-state index contributed by atoms with van der Waals surface area (Å²) in [5, 5.41) is 3.28. The lowest BCUT2D eigenvalue weighted by atomic mass is 10.1. The van der Waals surface area contributed by atoms with Gasteiger partial charge >= 0.3 is 5.97 Å². The number of carbonyl (C=O) groups excluding carboxylic acids is 1. The molecule has 0 saturated carbocycles. The highest BCUT2D eigenvalue weighted by Gasteiger charge is 2.17. The zero-order valence-electron chi connectivity index (χ0n) is 12.6. The van der Waals surface area contributed by atoms with Crippen molar-refractivity contribution in [2.24, 2.45) is 0 Å². The molecule has 0 spiro atoms. The summed E-state index contributed by atoms with van der Waals surface area (Å²) in [6.07, 6.45) is 2.64. The predicted octanol–water partition coefficient (Wildman–Crippen LogP) is 2.56. The topological polar surface area (TPSA) is 47.6 Å². The SMILES string of the molecule is CCCC(NCCc1ccc(OC)cc1)C(=O)OCC. The second-order valence-electron chi connectivity index (χ2n) is 4.65. The van der Waals surface area contributed by atoms with Gasteiger partial charge in [0.05, 0.1) is 13.7 Å². The monoisotopic (exact) mass is 279 g/mol. The molecule has 0 bridgehead atoms. The van der Waals surface area contributed by atoms with Crippen LogP contribution in [-0.4, -0.2) is 32.3 Å². The molecule has 1 atom stereocenters. The average Bonchev–Trinajstić information content (AvgIpc) is 2.47. The van der Waals surface area contributed by atoms with E-state index in [2.05, 4.69) is 12.2 Å². The maximum atomic E-state index is 11.8. The van der Waals surface area contributed by atoms with Crippen LogP contribution >= 0.6 is 0 Å². The molecule has 1 aromatic carbocycles. The van der Waals surface area contributed by atoms with Crippen molar-refractivity contribution in [1.29, 1.82) is 0 Å². The average molecular weight is 279 g/mol. The van der Waals surface area contributed by atoms with E-state index in [4.69, 9.17) is 9.47 Å². The summed E-state index contributed by atoms with van der Waals surface area (Å²) in [7, 11) is 1.66. The first kappa shape index (κ1) is 16.5. The standard InChI is InChI=1S/C16H25NO3/c1-4-6-15(16(18)20-5-2)17-12-11-13-7-9-14(19-3)10-8-13/h7-10,15,17H,4-6,11-12H2,1-3H3. The van der Waals surface area contributed by atoms with Crippen LogP contribution in [0.15, 0.2) is 24.3 Å². The van der Waals surface area contributed by atoms with Crippen LogP contribution in [0.25, 0.3) is 0 Å². The molecule has 0 saturated heterocycles. The molecule has 1 N–H and O–H groups in total. The molecule has 1 rings (SSSR count). The maximum absolute atomic E-state index is 11.8. The van der Waals surface area contributed by atoms with E-state index < -0.39 is 0 Å². The summed E-state index contributed by atoms with van der Waals surface area (Å²) in [5.74, 6) is 0.709. The van der Waals surface area contributed by atoms with Crippen molar-refractivity contribution in [1.82, 2.24) is 5.32 Å². The lowest BCUT2D eigenvalue weighted by Gasteiger charge is -2.16. The van der Waals surface area contributed by atoms with Gasteiger partial charge in [0.2, 0.25) is 0 Å². The second-order valence-corrected chi connectivity index (χ2v) is 4.65. The van der Waals surface area contributed by atoms with Gasteiger partial charge < -0.3 is 14.8 Å². The molecular formula is C16H25NO3. The molecule has 0 fully saturated rings. The van der Waals surface area contributed by atoms with Crippen LogP contribution in [0.2, 0.25) is 0 Å². The van der Waals surface area contributed by atoms with Crippen molar-refractivity contribution in [2.45, 2.75) is 39.2 Å².